The maximum atomic E-state index is 12.2. The second-order valence-electron chi connectivity index (χ2n) is 3.29. The first-order chi connectivity index (χ1) is 6.94. The molecule has 0 bridgehead atoms. The molecule has 1 fully saturated rings. The molecule has 1 unspecified atom stereocenters. The predicted molar refractivity (Wildman–Crippen MR) is 47.7 cm³/mol. The lowest BCUT2D eigenvalue weighted by Gasteiger charge is -2.28. The zero-order valence-electron chi connectivity index (χ0n) is 7.89. The Morgan fingerprint density at radius 2 is 2.20 bits per heavy atom. The first-order valence-corrected chi connectivity index (χ1v) is 4.97. The van der Waals surface area contributed by atoms with E-state index in [9.17, 15) is 18.0 Å². The standard InChI is InChI=1S/C8H11ClF3NO2/c9-3-7(14)13(5-8(10,11)12)6-1-2-15-4-6/h6H,1-5H2. The van der Waals surface area contributed by atoms with Crippen molar-refractivity contribution in [2.24, 2.45) is 0 Å². The Morgan fingerprint density at radius 1 is 1.53 bits per heavy atom. The summed E-state index contributed by atoms with van der Waals surface area (Å²) >= 11 is 5.25. The molecule has 15 heavy (non-hydrogen) atoms. The molecular weight excluding hydrogens is 235 g/mol. The van der Waals surface area contributed by atoms with E-state index < -0.39 is 30.6 Å². The van der Waals surface area contributed by atoms with Crippen molar-refractivity contribution in [3.63, 3.8) is 0 Å². The van der Waals surface area contributed by atoms with Crippen LogP contribution < -0.4 is 0 Å². The summed E-state index contributed by atoms with van der Waals surface area (Å²) in [5, 5.41) is 0. The molecule has 0 saturated carbocycles. The highest BCUT2D eigenvalue weighted by Crippen LogP contribution is 2.21. The molecular formula is C8H11ClF3NO2. The first-order valence-electron chi connectivity index (χ1n) is 4.44. The number of ether oxygens (including phenoxy) is 1. The molecule has 0 aromatic rings. The van der Waals surface area contributed by atoms with Crippen LogP contribution in [0.25, 0.3) is 0 Å². The fourth-order valence-electron chi connectivity index (χ4n) is 1.46. The van der Waals surface area contributed by atoms with Crippen LogP contribution in [-0.4, -0.2) is 48.7 Å². The van der Waals surface area contributed by atoms with Gasteiger partial charge in [0, 0.05) is 6.61 Å². The van der Waals surface area contributed by atoms with Gasteiger partial charge in [0.2, 0.25) is 5.91 Å². The number of alkyl halides is 4. The number of hydrogen-bond acceptors (Lipinski definition) is 2. The van der Waals surface area contributed by atoms with Crippen molar-refractivity contribution in [2.45, 2.75) is 18.6 Å². The topological polar surface area (TPSA) is 29.5 Å². The molecule has 1 aliphatic heterocycles. The zero-order chi connectivity index (χ0) is 11.5. The smallest absolute Gasteiger partial charge is 0.379 e. The first kappa shape index (κ1) is 12.6. The molecule has 88 valence electrons. The quantitative estimate of drug-likeness (QED) is 0.704. The van der Waals surface area contributed by atoms with Gasteiger partial charge in [-0.05, 0) is 6.42 Å². The largest absolute Gasteiger partial charge is 0.406 e. The molecule has 1 atom stereocenters. The van der Waals surface area contributed by atoms with E-state index in [2.05, 4.69) is 0 Å². The van der Waals surface area contributed by atoms with Crippen molar-refractivity contribution in [3.05, 3.63) is 0 Å². The van der Waals surface area contributed by atoms with Crippen LogP contribution in [0.2, 0.25) is 0 Å². The number of rotatable bonds is 3. The summed E-state index contributed by atoms with van der Waals surface area (Å²) in [5.74, 6) is -1.14. The van der Waals surface area contributed by atoms with Crippen molar-refractivity contribution in [3.8, 4) is 0 Å². The predicted octanol–water partition coefficient (Wildman–Crippen LogP) is 1.41. The van der Waals surface area contributed by atoms with Crippen LogP contribution in [0.5, 0.6) is 0 Å². The Morgan fingerprint density at radius 3 is 2.60 bits per heavy atom. The molecule has 3 nitrogen and oxygen atoms in total. The minimum Gasteiger partial charge on any atom is -0.379 e. The van der Waals surface area contributed by atoms with Crippen molar-refractivity contribution in [1.29, 1.82) is 0 Å². The highest BCUT2D eigenvalue weighted by molar-refractivity contribution is 6.27. The summed E-state index contributed by atoms with van der Waals surface area (Å²) in [6.07, 6.45) is -3.97. The summed E-state index contributed by atoms with van der Waals surface area (Å²) < 4.78 is 41.5. The number of nitrogens with zero attached hydrogens (tertiary/aromatic N) is 1. The maximum Gasteiger partial charge on any atom is 0.406 e. The van der Waals surface area contributed by atoms with E-state index >= 15 is 0 Å². The van der Waals surface area contributed by atoms with Crippen LogP contribution in [-0.2, 0) is 9.53 Å². The van der Waals surface area contributed by atoms with Crippen LogP contribution in [0.1, 0.15) is 6.42 Å². The summed E-state index contributed by atoms with van der Waals surface area (Å²) in [5.41, 5.74) is 0. The highest BCUT2D eigenvalue weighted by atomic mass is 35.5. The number of hydrogen-bond donors (Lipinski definition) is 0. The summed E-state index contributed by atoms with van der Waals surface area (Å²) in [6, 6.07) is -0.502. The third kappa shape index (κ3) is 3.87. The monoisotopic (exact) mass is 245 g/mol. The molecule has 1 aliphatic rings. The average Bonchev–Trinajstić information content (AvgIpc) is 2.64. The lowest BCUT2D eigenvalue weighted by molar-refractivity contribution is -0.164. The average molecular weight is 246 g/mol. The lowest BCUT2D eigenvalue weighted by Crippen LogP contribution is -2.46. The summed E-state index contributed by atoms with van der Waals surface area (Å²) in [7, 11) is 0. The molecule has 0 radical (unpaired) electrons. The van der Waals surface area contributed by atoms with Crippen LogP contribution in [0.15, 0.2) is 0 Å². The zero-order valence-corrected chi connectivity index (χ0v) is 8.64. The summed E-state index contributed by atoms with van der Waals surface area (Å²) in [6.45, 7) is -0.722. The molecule has 1 saturated heterocycles. The molecule has 0 N–H and O–H groups in total. The van der Waals surface area contributed by atoms with Crippen molar-refractivity contribution in [1.82, 2.24) is 4.90 Å². The van der Waals surface area contributed by atoms with Gasteiger partial charge in [-0.2, -0.15) is 13.2 Å². The normalized spacial score (nSPS) is 21.7. The maximum absolute atomic E-state index is 12.2. The van der Waals surface area contributed by atoms with E-state index in [0.717, 1.165) is 4.90 Å². The molecule has 0 aliphatic carbocycles. The van der Waals surface area contributed by atoms with Gasteiger partial charge in [-0.25, -0.2) is 0 Å². The van der Waals surface area contributed by atoms with Gasteiger partial charge >= 0.3 is 6.18 Å². The van der Waals surface area contributed by atoms with E-state index in [1.165, 1.54) is 0 Å². The van der Waals surface area contributed by atoms with Crippen molar-refractivity contribution >= 4 is 17.5 Å². The van der Waals surface area contributed by atoms with Crippen molar-refractivity contribution < 1.29 is 22.7 Å². The Kier molecular flexibility index (Phi) is 4.21. The van der Waals surface area contributed by atoms with Gasteiger partial charge in [0.1, 0.15) is 12.4 Å². The Balaban J connectivity index is 2.64. The van der Waals surface area contributed by atoms with Gasteiger partial charge in [-0.3, -0.25) is 4.79 Å². The van der Waals surface area contributed by atoms with Gasteiger partial charge in [0.25, 0.3) is 0 Å². The molecule has 7 heteroatoms. The van der Waals surface area contributed by atoms with Gasteiger partial charge in [0.15, 0.2) is 0 Å². The Hall–Kier alpha value is -0.490. The van der Waals surface area contributed by atoms with Crippen molar-refractivity contribution in [2.75, 3.05) is 25.6 Å². The SMILES string of the molecule is O=C(CCl)N(CC(F)(F)F)C1CCOC1. The van der Waals surface area contributed by atoms with E-state index in [0.29, 0.717) is 13.0 Å². The van der Waals surface area contributed by atoms with Gasteiger partial charge in [-0.15, -0.1) is 11.6 Å². The summed E-state index contributed by atoms with van der Waals surface area (Å²) in [4.78, 5) is 12.0. The molecule has 0 aromatic carbocycles. The highest BCUT2D eigenvalue weighted by Gasteiger charge is 2.37. The minimum atomic E-state index is -4.40. The van der Waals surface area contributed by atoms with Gasteiger partial charge in [-0.1, -0.05) is 0 Å². The van der Waals surface area contributed by atoms with Crippen LogP contribution >= 0.6 is 11.6 Å². The van der Waals surface area contributed by atoms with E-state index in [-0.39, 0.29) is 6.61 Å². The second kappa shape index (κ2) is 5.03. The number of halogens is 4. The third-order valence-electron chi connectivity index (χ3n) is 2.13. The second-order valence-corrected chi connectivity index (χ2v) is 3.56. The minimum absolute atomic E-state index is 0.151. The lowest BCUT2D eigenvalue weighted by atomic mass is 10.2. The molecule has 1 rings (SSSR count). The van der Waals surface area contributed by atoms with E-state index in [1.54, 1.807) is 0 Å². The fraction of sp³-hybridized carbons (Fsp3) is 0.875. The third-order valence-corrected chi connectivity index (χ3v) is 2.36. The molecule has 0 spiro atoms. The van der Waals surface area contributed by atoms with Crippen LogP contribution in [0.3, 0.4) is 0 Å². The Bertz CT molecular complexity index is 228. The Labute approximate surface area is 90.1 Å². The fourth-order valence-corrected chi connectivity index (χ4v) is 1.61. The van der Waals surface area contributed by atoms with E-state index in [1.807, 2.05) is 0 Å². The van der Waals surface area contributed by atoms with E-state index in [4.69, 9.17) is 16.3 Å². The van der Waals surface area contributed by atoms with Crippen LogP contribution in [0, 0.1) is 0 Å². The molecule has 1 heterocycles. The van der Waals surface area contributed by atoms with Gasteiger partial charge in [0.05, 0.1) is 12.6 Å². The molecule has 1 amide bonds. The molecule has 0 aromatic heterocycles. The number of amides is 1. The number of carbonyl (C=O) groups is 1. The van der Waals surface area contributed by atoms with Crippen LogP contribution in [0.4, 0.5) is 13.2 Å². The number of carbonyl (C=O) groups excluding carboxylic acids is 1. The van der Waals surface area contributed by atoms with Gasteiger partial charge < -0.3 is 9.64 Å².